The van der Waals surface area contributed by atoms with Crippen LogP contribution in [0.15, 0.2) is 28.4 Å². The first-order chi connectivity index (χ1) is 13.5. The van der Waals surface area contributed by atoms with Gasteiger partial charge in [0.1, 0.15) is 11.3 Å². The van der Waals surface area contributed by atoms with Gasteiger partial charge in [0.25, 0.3) is 5.56 Å². The molecular weight excluding hydrogens is 378 g/mol. The lowest BCUT2D eigenvalue weighted by Crippen LogP contribution is -3.15. The summed E-state index contributed by atoms with van der Waals surface area (Å²) in [6.45, 7) is 8.96. The molecule has 1 saturated heterocycles. The summed E-state index contributed by atoms with van der Waals surface area (Å²) in [7, 11) is 0. The quantitative estimate of drug-likeness (QED) is 0.787. The number of pyridine rings is 1. The van der Waals surface area contributed by atoms with Crippen LogP contribution in [0.5, 0.6) is 5.75 Å². The van der Waals surface area contributed by atoms with E-state index in [2.05, 4.69) is 0 Å². The van der Waals surface area contributed by atoms with E-state index in [4.69, 9.17) is 4.74 Å². The zero-order valence-electron chi connectivity index (χ0n) is 16.6. The lowest BCUT2D eigenvalue weighted by molar-refractivity contribution is -0.929. The van der Waals surface area contributed by atoms with Crippen LogP contribution < -0.4 is 10.5 Å². The SMILES string of the molecule is CCOC(=O)N1CC[NH+]([C@H](c2cccs2)c2c(O)cc(C)n(CC)c2=O)CC1. The van der Waals surface area contributed by atoms with Gasteiger partial charge in [0.2, 0.25) is 0 Å². The van der Waals surface area contributed by atoms with E-state index in [0.29, 0.717) is 44.9 Å². The molecule has 28 heavy (non-hydrogen) atoms. The van der Waals surface area contributed by atoms with Gasteiger partial charge in [-0.05, 0) is 38.3 Å². The first kappa shape index (κ1) is 20.4. The number of amides is 1. The molecule has 7 nitrogen and oxygen atoms in total. The third-order valence-corrected chi connectivity index (χ3v) is 6.23. The van der Waals surface area contributed by atoms with Crippen LogP contribution in [-0.2, 0) is 11.3 Å². The number of quaternary nitrogens is 1. The van der Waals surface area contributed by atoms with Gasteiger partial charge >= 0.3 is 6.09 Å². The van der Waals surface area contributed by atoms with Crippen molar-refractivity contribution in [1.29, 1.82) is 0 Å². The van der Waals surface area contributed by atoms with Crippen LogP contribution >= 0.6 is 11.3 Å². The van der Waals surface area contributed by atoms with Gasteiger partial charge in [0, 0.05) is 12.2 Å². The average Bonchev–Trinajstić information content (AvgIpc) is 3.20. The molecule has 2 N–H and O–H groups in total. The van der Waals surface area contributed by atoms with Crippen LogP contribution in [-0.4, -0.2) is 53.5 Å². The van der Waals surface area contributed by atoms with Crippen LogP contribution in [0.4, 0.5) is 4.79 Å². The summed E-state index contributed by atoms with van der Waals surface area (Å²) in [5.41, 5.74) is 1.05. The molecule has 1 atom stereocenters. The number of aromatic hydroxyl groups is 1. The maximum atomic E-state index is 13.2. The number of aryl methyl sites for hydroxylation is 1. The molecule has 152 valence electrons. The molecule has 1 amide bonds. The highest BCUT2D eigenvalue weighted by Gasteiger charge is 2.36. The van der Waals surface area contributed by atoms with E-state index in [0.717, 1.165) is 10.6 Å². The van der Waals surface area contributed by atoms with Gasteiger partial charge in [0.05, 0.1) is 37.7 Å². The highest BCUT2D eigenvalue weighted by atomic mass is 32.1. The number of rotatable bonds is 5. The number of carbonyl (C=O) groups excluding carboxylic acids is 1. The number of nitrogens with zero attached hydrogens (tertiary/aromatic N) is 2. The summed E-state index contributed by atoms with van der Waals surface area (Å²) >= 11 is 1.58. The average molecular weight is 407 g/mol. The van der Waals surface area contributed by atoms with E-state index in [-0.39, 0.29) is 23.4 Å². The predicted molar refractivity (Wildman–Crippen MR) is 108 cm³/mol. The Bertz CT molecular complexity index is 870. The van der Waals surface area contributed by atoms with Gasteiger partial charge in [-0.25, -0.2) is 4.79 Å². The third-order valence-electron chi connectivity index (χ3n) is 5.30. The Hall–Kier alpha value is -2.32. The van der Waals surface area contributed by atoms with Crippen molar-refractivity contribution >= 4 is 17.4 Å². The van der Waals surface area contributed by atoms with Crippen molar-refractivity contribution in [2.45, 2.75) is 33.4 Å². The summed E-state index contributed by atoms with van der Waals surface area (Å²) in [5, 5.41) is 12.7. The Labute approximate surface area is 168 Å². The van der Waals surface area contributed by atoms with Crippen molar-refractivity contribution in [3.63, 3.8) is 0 Å². The van der Waals surface area contributed by atoms with Gasteiger partial charge in [-0.15, -0.1) is 11.3 Å². The number of carbonyl (C=O) groups is 1. The number of nitrogens with one attached hydrogen (secondary N) is 1. The molecule has 1 aliphatic heterocycles. The molecule has 0 aliphatic carbocycles. The molecule has 0 spiro atoms. The van der Waals surface area contributed by atoms with Gasteiger partial charge in [0.15, 0.2) is 6.04 Å². The highest BCUT2D eigenvalue weighted by molar-refractivity contribution is 7.10. The van der Waals surface area contributed by atoms with E-state index in [9.17, 15) is 14.7 Å². The summed E-state index contributed by atoms with van der Waals surface area (Å²) in [5.74, 6) is 0.0472. The van der Waals surface area contributed by atoms with E-state index >= 15 is 0 Å². The van der Waals surface area contributed by atoms with Crippen LogP contribution in [0, 0.1) is 6.92 Å². The molecule has 2 aromatic heterocycles. The summed E-state index contributed by atoms with van der Waals surface area (Å²) in [4.78, 5) is 29.1. The number of hydrogen-bond acceptors (Lipinski definition) is 5. The Kier molecular flexibility index (Phi) is 6.41. The second-order valence-corrected chi connectivity index (χ2v) is 7.91. The minimum atomic E-state index is -0.291. The van der Waals surface area contributed by atoms with E-state index in [1.165, 1.54) is 4.90 Å². The van der Waals surface area contributed by atoms with Gasteiger partial charge < -0.3 is 19.3 Å². The summed E-state index contributed by atoms with van der Waals surface area (Å²) < 4.78 is 6.80. The van der Waals surface area contributed by atoms with Gasteiger partial charge in [-0.3, -0.25) is 9.69 Å². The van der Waals surface area contributed by atoms with Crippen LogP contribution in [0.25, 0.3) is 0 Å². The predicted octanol–water partition coefficient (Wildman–Crippen LogP) is 1.39. The molecule has 0 radical (unpaired) electrons. The number of ether oxygens (including phenoxy) is 1. The minimum Gasteiger partial charge on any atom is -0.507 e. The van der Waals surface area contributed by atoms with Crippen molar-refractivity contribution in [3.8, 4) is 5.75 Å². The lowest BCUT2D eigenvalue weighted by Gasteiger charge is -2.36. The van der Waals surface area contributed by atoms with Gasteiger partial charge in [-0.2, -0.15) is 0 Å². The Morgan fingerprint density at radius 3 is 2.64 bits per heavy atom. The zero-order valence-corrected chi connectivity index (χ0v) is 17.4. The largest absolute Gasteiger partial charge is 0.507 e. The Morgan fingerprint density at radius 2 is 2.07 bits per heavy atom. The van der Waals surface area contributed by atoms with Crippen LogP contribution in [0.2, 0.25) is 0 Å². The molecule has 0 unspecified atom stereocenters. The zero-order chi connectivity index (χ0) is 20.3. The second kappa shape index (κ2) is 8.79. The molecule has 0 bridgehead atoms. The number of hydrogen-bond donors (Lipinski definition) is 2. The van der Waals surface area contributed by atoms with Crippen molar-refractivity contribution in [2.75, 3.05) is 32.8 Å². The van der Waals surface area contributed by atoms with Crippen LogP contribution in [0.1, 0.15) is 36.0 Å². The maximum absolute atomic E-state index is 13.2. The molecule has 8 heteroatoms. The van der Waals surface area contributed by atoms with Crippen LogP contribution in [0.3, 0.4) is 0 Å². The van der Waals surface area contributed by atoms with E-state index < -0.39 is 0 Å². The molecule has 1 aliphatic rings. The fourth-order valence-corrected chi connectivity index (χ4v) is 4.81. The van der Waals surface area contributed by atoms with Crippen molar-refractivity contribution in [2.24, 2.45) is 0 Å². The molecular formula is C20H28N3O4S+. The Morgan fingerprint density at radius 1 is 1.36 bits per heavy atom. The Balaban J connectivity index is 1.96. The fourth-order valence-electron chi connectivity index (χ4n) is 3.92. The fraction of sp³-hybridized carbons (Fsp3) is 0.500. The second-order valence-electron chi connectivity index (χ2n) is 6.93. The van der Waals surface area contributed by atoms with Crippen molar-refractivity contribution in [3.05, 3.63) is 50.1 Å². The molecule has 0 saturated carbocycles. The number of thiophene rings is 1. The topological polar surface area (TPSA) is 76.2 Å². The molecule has 3 rings (SSSR count). The normalized spacial score (nSPS) is 16.2. The summed E-state index contributed by atoms with van der Waals surface area (Å²) in [6, 6.07) is 5.39. The highest BCUT2D eigenvalue weighted by Crippen LogP contribution is 2.28. The smallest absolute Gasteiger partial charge is 0.410 e. The lowest BCUT2D eigenvalue weighted by atomic mass is 10.0. The van der Waals surface area contributed by atoms with Crippen molar-refractivity contribution < 1.29 is 19.5 Å². The van der Waals surface area contributed by atoms with E-state index in [1.54, 1.807) is 33.8 Å². The third kappa shape index (κ3) is 3.93. The number of aromatic nitrogens is 1. The first-order valence-electron chi connectivity index (χ1n) is 9.70. The molecule has 1 fully saturated rings. The van der Waals surface area contributed by atoms with Gasteiger partial charge in [-0.1, -0.05) is 6.07 Å². The number of piperazine rings is 1. The summed E-state index contributed by atoms with van der Waals surface area (Å²) in [6.07, 6.45) is -0.291. The standard InChI is InChI=1S/C20H27N3O4S/c1-4-23-14(3)13-15(24)17(19(23)25)18(16-7-6-12-28-16)21-8-10-22(11-9-21)20(26)27-5-2/h6-7,12-13,18,24H,4-5,8-11H2,1-3H3/p+1/t18-/m1/s1. The molecule has 3 heterocycles. The molecule has 2 aromatic rings. The first-order valence-corrected chi connectivity index (χ1v) is 10.6. The molecule has 0 aromatic carbocycles. The van der Waals surface area contributed by atoms with E-state index in [1.807, 2.05) is 31.4 Å². The maximum Gasteiger partial charge on any atom is 0.410 e. The monoisotopic (exact) mass is 406 g/mol. The van der Waals surface area contributed by atoms with Crippen molar-refractivity contribution in [1.82, 2.24) is 9.47 Å². The minimum absolute atomic E-state index is 0.0472.